The van der Waals surface area contributed by atoms with Crippen LogP contribution in [0.2, 0.25) is 0 Å². The van der Waals surface area contributed by atoms with E-state index in [-0.39, 0.29) is 18.4 Å². The summed E-state index contributed by atoms with van der Waals surface area (Å²) in [5.41, 5.74) is 1.53. The topological polar surface area (TPSA) is 49.4 Å². The van der Waals surface area contributed by atoms with Gasteiger partial charge in [-0.2, -0.15) is 0 Å². The van der Waals surface area contributed by atoms with Gasteiger partial charge in [-0.15, -0.1) is 0 Å². The van der Waals surface area contributed by atoms with Gasteiger partial charge in [0.25, 0.3) is 5.91 Å². The molecule has 0 saturated carbocycles. The second-order valence-electron chi connectivity index (χ2n) is 4.67. The number of unbranched alkanes of at least 4 members (excludes halogenated alkanes) is 1. The number of hydrogen-bond acceptors (Lipinski definition) is 2. The molecule has 1 aromatic rings. The molecule has 0 fully saturated rings. The van der Waals surface area contributed by atoms with Gasteiger partial charge in [0.2, 0.25) is 5.91 Å². The third-order valence-corrected chi connectivity index (χ3v) is 3.06. The fourth-order valence-corrected chi connectivity index (χ4v) is 1.73. The molecule has 0 aliphatic carbocycles. The summed E-state index contributed by atoms with van der Waals surface area (Å²) in [6, 6.07) is 7.34. The van der Waals surface area contributed by atoms with Crippen molar-refractivity contribution in [3.05, 3.63) is 35.4 Å². The van der Waals surface area contributed by atoms with Gasteiger partial charge in [0.1, 0.15) is 0 Å². The van der Waals surface area contributed by atoms with E-state index in [4.69, 9.17) is 0 Å². The second-order valence-corrected chi connectivity index (χ2v) is 4.67. The molecular formula is C15H22N2O2. The monoisotopic (exact) mass is 262 g/mol. The van der Waals surface area contributed by atoms with E-state index in [9.17, 15) is 9.59 Å². The fourth-order valence-electron chi connectivity index (χ4n) is 1.73. The largest absolute Gasteiger partial charge is 0.344 e. The zero-order chi connectivity index (χ0) is 14.3. The summed E-state index contributed by atoms with van der Waals surface area (Å²) in [6.45, 7) is 4.74. The lowest BCUT2D eigenvalue weighted by Gasteiger charge is -2.17. The molecule has 0 unspecified atom stereocenters. The van der Waals surface area contributed by atoms with Crippen LogP contribution in [0.1, 0.15) is 35.7 Å². The first kappa shape index (κ1) is 15.2. The van der Waals surface area contributed by atoms with Crippen LogP contribution in [-0.2, 0) is 4.79 Å². The second kappa shape index (κ2) is 7.56. The average molecular weight is 262 g/mol. The third-order valence-electron chi connectivity index (χ3n) is 3.06. The summed E-state index contributed by atoms with van der Waals surface area (Å²) in [4.78, 5) is 25.4. The number of rotatable bonds is 6. The Bertz CT molecular complexity index is 444. The molecule has 1 rings (SSSR count). The van der Waals surface area contributed by atoms with Gasteiger partial charge in [0.15, 0.2) is 0 Å². The van der Waals surface area contributed by atoms with Crippen molar-refractivity contribution in [2.45, 2.75) is 26.7 Å². The smallest absolute Gasteiger partial charge is 0.251 e. The van der Waals surface area contributed by atoms with Crippen molar-refractivity contribution in [3.8, 4) is 0 Å². The molecule has 0 aromatic heterocycles. The van der Waals surface area contributed by atoms with Crippen LogP contribution >= 0.6 is 0 Å². The molecule has 0 spiro atoms. The summed E-state index contributed by atoms with van der Waals surface area (Å²) in [6.07, 6.45) is 2.03. The first-order chi connectivity index (χ1) is 9.06. The molecule has 4 heteroatoms. The van der Waals surface area contributed by atoms with Crippen LogP contribution in [0.15, 0.2) is 24.3 Å². The molecule has 19 heavy (non-hydrogen) atoms. The first-order valence-electron chi connectivity index (χ1n) is 6.64. The van der Waals surface area contributed by atoms with Crippen LogP contribution in [0.25, 0.3) is 0 Å². The maximum atomic E-state index is 11.9. The average Bonchev–Trinajstić information content (AvgIpc) is 2.42. The van der Waals surface area contributed by atoms with Crippen molar-refractivity contribution in [1.82, 2.24) is 10.2 Å². The zero-order valence-electron chi connectivity index (χ0n) is 11.9. The van der Waals surface area contributed by atoms with E-state index in [0.29, 0.717) is 5.56 Å². The summed E-state index contributed by atoms with van der Waals surface area (Å²) >= 11 is 0. The first-order valence-corrected chi connectivity index (χ1v) is 6.64. The van der Waals surface area contributed by atoms with Gasteiger partial charge in [-0.05, 0) is 25.0 Å². The molecule has 0 heterocycles. The Morgan fingerprint density at radius 1 is 1.26 bits per heavy atom. The lowest BCUT2D eigenvalue weighted by Crippen LogP contribution is -2.38. The molecule has 4 nitrogen and oxygen atoms in total. The molecule has 2 amide bonds. The summed E-state index contributed by atoms with van der Waals surface area (Å²) in [7, 11) is 1.76. The number of likely N-dealkylation sites (N-methyl/N-ethyl adjacent to an activating group) is 1. The molecule has 0 bridgehead atoms. The summed E-state index contributed by atoms with van der Waals surface area (Å²) < 4.78 is 0. The van der Waals surface area contributed by atoms with Crippen LogP contribution < -0.4 is 5.32 Å². The lowest BCUT2D eigenvalue weighted by atomic mass is 10.1. The van der Waals surface area contributed by atoms with Gasteiger partial charge >= 0.3 is 0 Å². The highest BCUT2D eigenvalue weighted by Gasteiger charge is 2.12. The molecule has 0 radical (unpaired) electrons. The summed E-state index contributed by atoms with van der Waals surface area (Å²) in [5, 5.41) is 2.67. The SMILES string of the molecule is CCCCN(C)C(=O)CNC(=O)c1ccccc1C. The standard InChI is InChI=1S/C15H22N2O2/c1-4-5-10-17(3)14(18)11-16-15(19)13-9-7-6-8-12(13)2/h6-9H,4-5,10-11H2,1-3H3,(H,16,19). The highest BCUT2D eigenvalue weighted by atomic mass is 16.2. The number of amides is 2. The van der Waals surface area contributed by atoms with Crippen LogP contribution in [-0.4, -0.2) is 36.9 Å². The minimum absolute atomic E-state index is 0.0490. The van der Waals surface area contributed by atoms with E-state index in [0.717, 1.165) is 24.9 Å². The van der Waals surface area contributed by atoms with E-state index >= 15 is 0 Å². The van der Waals surface area contributed by atoms with Gasteiger partial charge in [0, 0.05) is 19.2 Å². The molecule has 0 aliphatic rings. The van der Waals surface area contributed by atoms with Crippen molar-refractivity contribution in [1.29, 1.82) is 0 Å². The maximum absolute atomic E-state index is 11.9. The predicted molar refractivity (Wildman–Crippen MR) is 76.1 cm³/mol. The Hall–Kier alpha value is -1.84. The van der Waals surface area contributed by atoms with Crippen molar-refractivity contribution < 1.29 is 9.59 Å². The van der Waals surface area contributed by atoms with E-state index in [1.807, 2.05) is 25.1 Å². The molecule has 0 aliphatic heterocycles. The number of carbonyl (C=O) groups is 2. The Morgan fingerprint density at radius 2 is 1.95 bits per heavy atom. The van der Waals surface area contributed by atoms with Gasteiger partial charge in [-0.1, -0.05) is 31.5 Å². The third kappa shape index (κ3) is 4.73. The molecule has 104 valence electrons. The number of carbonyl (C=O) groups excluding carboxylic acids is 2. The Morgan fingerprint density at radius 3 is 2.58 bits per heavy atom. The zero-order valence-corrected chi connectivity index (χ0v) is 11.9. The number of aryl methyl sites for hydroxylation is 1. The minimum atomic E-state index is -0.199. The highest BCUT2D eigenvalue weighted by molar-refractivity contribution is 5.97. The van der Waals surface area contributed by atoms with E-state index in [1.165, 1.54) is 0 Å². The predicted octanol–water partition coefficient (Wildman–Crippen LogP) is 1.98. The minimum Gasteiger partial charge on any atom is -0.344 e. The van der Waals surface area contributed by atoms with Crippen molar-refractivity contribution >= 4 is 11.8 Å². The van der Waals surface area contributed by atoms with Crippen molar-refractivity contribution in [2.75, 3.05) is 20.1 Å². The number of nitrogens with one attached hydrogen (secondary N) is 1. The van der Waals surface area contributed by atoms with Gasteiger partial charge < -0.3 is 10.2 Å². The van der Waals surface area contributed by atoms with E-state index < -0.39 is 0 Å². The van der Waals surface area contributed by atoms with Crippen LogP contribution in [0.4, 0.5) is 0 Å². The number of nitrogens with zero attached hydrogens (tertiary/aromatic N) is 1. The molecule has 1 aromatic carbocycles. The Balaban J connectivity index is 2.46. The van der Waals surface area contributed by atoms with E-state index in [2.05, 4.69) is 12.2 Å². The fraction of sp³-hybridized carbons (Fsp3) is 0.467. The molecular weight excluding hydrogens is 240 g/mol. The molecule has 0 saturated heterocycles. The van der Waals surface area contributed by atoms with Crippen LogP contribution in [0, 0.1) is 6.92 Å². The van der Waals surface area contributed by atoms with Crippen LogP contribution in [0.5, 0.6) is 0 Å². The van der Waals surface area contributed by atoms with Crippen molar-refractivity contribution in [3.63, 3.8) is 0 Å². The quantitative estimate of drug-likeness (QED) is 0.852. The van der Waals surface area contributed by atoms with Gasteiger partial charge in [-0.3, -0.25) is 9.59 Å². The number of benzene rings is 1. The highest BCUT2D eigenvalue weighted by Crippen LogP contribution is 2.06. The maximum Gasteiger partial charge on any atom is 0.251 e. The normalized spacial score (nSPS) is 10.1. The van der Waals surface area contributed by atoms with Gasteiger partial charge in [-0.25, -0.2) is 0 Å². The van der Waals surface area contributed by atoms with E-state index in [1.54, 1.807) is 18.0 Å². The summed E-state index contributed by atoms with van der Waals surface area (Å²) in [5.74, 6) is -0.259. The number of hydrogen-bond donors (Lipinski definition) is 1. The Kier molecular flexibility index (Phi) is 6.06. The Labute approximate surface area is 114 Å². The lowest BCUT2D eigenvalue weighted by molar-refractivity contribution is -0.128. The van der Waals surface area contributed by atoms with Crippen LogP contribution in [0.3, 0.4) is 0 Å². The van der Waals surface area contributed by atoms with Gasteiger partial charge in [0.05, 0.1) is 6.54 Å². The van der Waals surface area contributed by atoms with Crippen molar-refractivity contribution in [2.24, 2.45) is 0 Å². The molecule has 0 atom stereocenters. The molecule has 1 N–H and O–H groups in total.